The second kappa shape index (κ2) is 20.5. The summed E-state index contributed by atoms with van der Waals surface area (Å²) in [4.78, 5) is 73.9. The van der Waals surface area contributed by atoms with Crippen molar-refractivity contribution in [3.63, 3.8) is 0 Å². The molecule has 0 unspecified atom stereocenters. The van der Waals surface area contributed by atoms with E-state index in [0.29, 0.717) is 38.8 Å². The molecule has 0 spiro atoms. The van der Waals surface area contributed by atoms with E-state index in [9.17, 15) is 39.0 Å². The van der Waals surface area contributed by atoms with Gasteiger partial charge in [-0.2, -0.15) is 0 Å². The molecule has 0 saturated heterocycles. The average molecular weight is 591 g/mol. The Hall–Kier alpha value is -3.38. The number of nitrogens with one attached hydrogen (secondary N) is 5. The Labute approximate surface area is 238 Å². The first kappa shape index (κ1) is 37.6. The lowest BCUT2D eigenvalue weighted by Gasteiger charge is -2.24. The third-order valence-electron chi connectivity index (χ3n) is 5.99. The molecule has 41 heavy (non-hydrogen) atoms. The van der Waals surface area contributed by atoms with Crippen molar-refractivity contribution in [3.05, 3.63) is 0 Å². The molecule has 17 nitrogen and oxygen atoms in total. The number of carboxylic acids is 1. The minimum atomic E-state index is -1.50. The third kappa shape index (κ3) is 14.7. The van der Waals surface area contributed by atoms with Gasteiger partial charge >= 0.3 is 5.97 Å². The third-order valence-corrected chi connectivity index (χ3v) is 5.99. The molecule has 0 radical (unpaired) electrons. The predicted octanol–water partition coefficient (Wildman–Crippen LogP) is -4.90. The Bertz CT molecular complexity index is 876. The molecule has 0 aliphatic rings. The summed E-state index contributed by atoms with van der Waals surface area (Å²) in [6.45, 7) is 1.86. The van der Waals surface area contributed by atoms with Gasteiger partial charge in [-0.15, -0.1) is 0 Å². The highest BCUT2D eigenvalue weighted by molar-refractivity contribution is 5.96. The van der Waals surface area contributed by atoms with Crippen LogP contribution in [0.2, 0.25) is 0 Å². The van der Waals surface area contributed by atoms with Crippen molar-refractivity contribution >= 4 is 35.5 Å². The van der Waals surface area contributed by atoms with Gasteiger partial charge in [0, 0.05) is 0 Å². The normalized spacial score (nSPS) is 15.3. The molecule has 0 bridgehead atoms. The fourth-order valence-corrected chi connectivity index (χ4v) is 3.42. The molecule has 0 aliphatic carbocycles. The average Bonchev–Trinajstić information content (AvgIpc) is 2.93. The minimum absolute atomic E-state index is 0.140. The maximum Gasteiger partial charge on any atom is 0.326 e. The van der Waals surface area contributed by atoms with Gasteiger partial charge in [-0.05, 0) is 65.5 Å². The summed E-state index contributed by atoms with van der Waals surface area (Å²) in [5, 5.41) is 39.8. The van der Waals surface area contributed by atoms with E-state index >= 15 is 0 Å². The Morgan fingerprint density at radius 2 is 1.00 bits per heavy atom. The van der Waals surface area contributed by atoms with Crippen LogP contribution in [0.25, 0.3) is 0 Å². The van der Waals surface area contributed by atoms with Crippen LogP contribution in [0.15, 0.2) is 0 Å². The zero-order valence-electron chi connectivity index (χ0n) is 23.6. The number of aliphatic carboxylic acids is 1. The van der Waals surface area contributed by atoms with Crippen LogP contribution in [0, 0.1) is 0 Å². The van der Waals surface area contributed by atoms with Crippen LogP contribution in [0.5, 0.6) is 0 Å². The molecule has 5 amide bonds. The smallest absolute Gasteiger partial charge is 0.326 e. The molecule has 6 atom stereocenters. The van der Waals surface area contributed by atoms with Gasteiger partial charge in [0.15, 0.2) is 0 Å². The lowest BCUT2D eigenvalue weighted by molar-refractivity contribution is -0.142. The van der Waals surface area contributed by atoms with Crippen LogP contribution in [-0.2, 0) is 28.8 Å². The summed E-state index contributed by atoms with van der Waals surface area (Å²) in [5.41, 5.74) is 16.3. The van der Waals surface area contributed by atoms with Crippen molar-refractivity contribution in [2.24, 2.45) is 17.2 Å². The van der Waals surface area contributed by atoms with Crippen LogP contribution in [0.1, 0.15) is 52.4 Å². The number of rotatable bonds is 21. The SMILES string of the molecule is C[C@H](NC(=O)[C@H](C)NC(=O)[C@H](CO)NC(=O)[C@H](CCCCN)NC(=O)[C@@H](N)CO)C(=O)N[C@@H](CCCCN)C(=O)O. The number of carbonyl (C=O) groups is 6. The van der Waals surface area contributed by atoms with E-state index in [2.05, 4.69) is 26.6 Å². The first-order chi connectivity index (χ1) is 19.3. The van der Waals surface area contributed by atoms with E-state index in [1.54, 1.807) is 0 Å². The molecule has 236 valence electrons. The zero-order valence-corrected chi connectivity index (χ0v) is 23.6. The monoisotopic (exact) mass is 590 g/mol. The first-order valence-corrected chi connectivity index (χ1v) is 13.4. The lowest BCUT2D eigenvalue weighted by atomic mass is 10.1. The number of hydrogen-bond donors (Lipinski definition) is 11. The van der Waals surface area contributed by atoms with E-state index in [4.69, 9.17) is 22.3 Å². The number of carbonyl (C=O) groups excluding carboxylic acids is 5. The summed E-state index contributed by atoms with van der Waals surface area (Å²) in [5.74, 6) is -5.30. The van der Waals surface area contributed by atoms with Gasteiger partial charge in [0.2, 0.25) is 29.5 Å². The molecular formula is C24H46N8O9. The van der Waals surface area contributed by atoms with Crippen molar-refractivity contribution in [2.75, 3.05) is 26.3 Å². The van der Waals surface area contributed by atoms with Crippen LogP contribution in [-0.4, -0.2) is 113 Å². The highest BCUT2D eigenvalue weighted by Gasteiger charge is 2.30. The summed E-state index contributed by atoms with van der Waals surface area (Å²) in [6.07, 6.45) is 2.36. The van der Waals surface area contributed by atoms with Crippen LogP contribution in [0.3, 0.4) is 0 Å². The van der Waals surface area contributed by atoms with Gasteiger partial charge in [0.25, 0.3) is 0 Å². The second-order valence-corrected chi connectivity index (χ2v) is 9.52. The maximum atomic E-state index is 12.8. The van der Waals surface area contributed by atoms with Crippen molar-refractivity contribution in [3.8, 4) is 0 Å². The van der Waals surface area contributed by atoms with Crippen LogP contribution >= 0.6 is 0 Å². The van der Waals surface area contributed by atoms with Crippen molar-refractivity contribution in [2.45, 2.75) is 88.6 Å². The number of unbranched alkanes of at least 4 members (excludes halogenated alkanes) is 2. The standard InChI is InChI=1S/C24H46N8O9/c1-13(19(35)28-14(2)20(36)31-17(24(40)41)8-4-6-10-26)29-23(39)18(12-34)32-22(38)16(7-3-5-9-25)30-21(37)15(27)11-33/h13-18,33-34H,3-12,25-27H2,1-2H3,(H,28,35)(H,29,39)(H,30,37)(H,31,36)(H,32,38)(H,40,41)/t13-,14-,15-,16-,17-,18-/m0/s1. The van der Waals surface area contributed by atoms with Gasteiger partial charge in [0.1, 0.15) is 36.3 Å². The van der Waals surface area contributed by atoms with Gasteiger partial charge in [0.05, 0.1) is 13.2 Å². The number of amides is 5. The van der Waals surface area contributed by atoms with Crippen molar-refractivity contribution in [1.29, 1.82) is 0 Å². The summed E-state index contributed by atoms with van der Waals surface area (Å²) < 4.78 is 0. The van der Waals surface area contributed by atoms with Crippen LogP contribution < -0.4 is 43.8 Å². The number of hydrogen-bond acceptors (Lipinski definition) is 11. The fourth-order valence-electron chi connectivity index (χ4n) is 3.42. The molecule has 0 aromatic rings. The Morgan fingerprint density at radius 3 is 1.46 bits per heavy atom. The number of aliphatic hydroxyl groups excluding tert-OH is 2. The van der Waals surface area contributed by atoms with E-state index < -0.39 is 85.0 Å². The summed E-state index contributed by atoms with van der Waals surface area (Å²) in [6, 6.07) is -7.43. The molecule has 0 aromatic heterocycles. The topological polar surface area (TPSA) is 301 Å². The molecule has 17 heteroatoms. The number of carboxylic acid groups (broad SMARTS) is 1. The maximum absolute atomic E-state index is 12.8. The van der Waals surface area contributed by atoms with Gasteiger partial charge < -0.3 is 59.1 Å². The van der Waals surface area contributed by atoms with Gasteiger partial charge in [-0.3, -0.25) is 24.0 Å². The quantitative estimate of drug-likeness (QED) is 0.0561. The van der Waals surface area contributed by atoms with E-state index in [0.717, 1.165) is 0 Å². The predicted molar refractivity (Wildman–Crippen MR) is 147 cm³/mol. The van der Waals surface area contributed by atoms with Gasteiger partial charge in [-0.1, -0.05) is 0 Å². The first-order valence-electron chi connectivity index (χ1n) is 13.4. The largest absolute Gasteiger partial charge is 0.480 e. The van der Waals surface area contributed by atoms with E-state index in [1.807, 2.05) is 0 Å². The van der Waals surface area contributed by atoms with E-state index in [-0.39, 0.29) is 12.8 Å². The van der Waals surface area contributed by atoms with Crippen molar-refractivity contribution < 1.29 is 44.1 Å². The fraction of sp³-hybridized carbons (Fsp3) is 0.750. The van der Waals surface area contributed by atoms with E-state index in [1.165, 1.54) is 13.8 Å². The summed E-state index contributed by atoms with van der Waals surface area (Å²) in [7, 11) is 0. The van der Waals surface area contributed by atoms with Crippen molar-refractivity contribution in [1.82, 2.24) is 26.6 Å². The number of nitrogens with two attached hydrogens (primary N) is 3. The highest BCUT2D eigenvalue weighted by atomic mass is 16.4. The Morgan fingerprint density at radius 1 is 0.585 bits per heavy atom. The Kier molecular flexibility index (Phi) is 18.8. The molecule has 0 aromatic carbocycles. The highest BCUT2D eigenvalue weighted by Crippen LogP contribution is 2.04. The Balaban J connectivity index is 5.12. The zero-order chi connectivity index (χ0) is 31.5. The summed E-state index contributed by atoms with van der Waals surface area (Å²) >= 11 is 0. The van der Waals surface area contributed by atoms with Crippen LogP contribution in [0.4, 0.5) is 0 Å². The number of aliphatic hydroxyl groups is 2. The molecule has 0 heterocycles. The molecule has 0 rings (SSSR count). The molecule has 0 fully saturated rings. The molecule has 0 aliphatic heterocycles. The molecule has 0 saturated carbocycles. The molecule has 14 N–H and O–H groups in total. The second-order valence-electron chi connectivity index (χ2n) is 9.52. The van der Waals surface area contributed by atoms with Gasteiger partial charge in [-0.25, -0.2) is 4.79 Å². The minimum Gasteiger partial charge on any atom is -0.480 e. The molecular weight excluding hydrogens is 544 g/mol. The lowest BCUT2D eigenvalue weighted by Crippen LogP contribution is -2.59.